The van der Waals surface area contributed by atoms with Crippen LogP contribution in [0.2, 0.25) is 0 Å². The summed E-state index contributed by atoms with van der Waals surface area (Å²) < 4.78 is 7.64. The Balaban J connectivity index is 1.77. The summed E-state index contributed by atoms with van der Waals surface area (Å²) in [6.45, 7) is 1.97. The molecule has 116 valence electrons. The first kappa shape index (κ1) is 14.3. The third kappa shape index (κ3) is 2.88. The molecule has 2 amide bonds. The van der Waals surface area contributed by atoms with E-state index in [1.807, 2.05) is 11.9 Å². The highest BCUT2D eigenvalue weighted by atomic mass is 16.5. The fourth-order valence-electron chi connectivity index (χ4n) is 2.76. The van der Waals surface area contributed by atoms with Crippen molar-refractivity contribution < 1.29 is 9.53 Å². The summed E-state index contributed by atoms with van der Waals surface area (Å²) in [5.74, 6) is 0.716. The van der Waals surface area contributed by atoms with Gasteiger partial charge in [-0.2, -0.15) is 0 Å². The van der Waals surface area contributed by atoms with Gasteiger partial charge in [0.2, 0.25) is 0 Å². The molecule has 1 aliphatic carbocycles. The van der Waals surface area contributed by atoms with E-state index in [9.17, 15) is 4.79 Å². The zero-order chi connectivity index (χ0) is 15.0. The fourth-order valence-corrected chi connectivity index (χ4v) is 2.76. The van der Waals surface area contributed by atoms with Crippen molar-refractivity contribution in [3.05, 3.63) is 11.4 Å². The molecule has 1 atom stereocenters. The van der Waals surface area contributed by atoms with Crippen molar-refractivity contribution in [2.24, 2.45) is 13.0 Å². The van der Waals surface area contributed by atoms with Crippen LogP contribution >= 0.6 is 0 Å². The number of hydrogen-bond acceptors (Lipinski definition) is 4. The van der Waals surface area contributed by atoms with Crippen molar-refractivity contribution in [3.63, 3.8) is 0 Å². The van der Waals surface area contributed by atoms with Gasteiger partial charge in [0, 0.05) is 40.7 Å². The largest absolute Gasteiger partial charge is 0.379 e. The molecule has 0 unspecified atom stereocenters. The van der Waals surface area contributed by atoms with Crippen LogP contribution in [0.5, 0.6) is 0 Å². The summed E-state index contributed by atoms with van der Waals surface area (Å²) in [4.78, 5) is 15.8. The van der Waals surface area contributed by atoms with Crippen LogP contribution in [0, 0.1) is 5.92 Å². The van der Waals surface area contributed by atoms with E-state index >= 15 is 0 Å². The van der Waals surface area contributed by atoms with Crippen molar-refractivity contribution in [2.45, 2.75) is 25.3 Å². The molecule has 7 heteroatoms. The zero-order valence-corrected chi connectivity index (χ0v) is 12.9. The predicted molar refractivity (Wildman–Crippen MR) is 76.8 cm³/mol. The molecule has 2 aliphatic rings. The van der Waals surface area contributed by atoms with Crippen LogP contribution in [0.15, 0.2) is 0 Å². The lowest BCUT2D eigenvalue weighted by Gasteiger charge is -2.36. The summed E-state index contributed by atoms with van der Waals surface area (Å²) in [6, 6.07) is -0.123. The molecule has 2 heterocycles. The quantitative estimate of drug-likeness (QED) is 0.824. The van der Waals surface area contributed by atoms with E-state index in [0.717, 1.165) is 24.4 Å². The Kier molecular flexibility index (Phi) is 3.84. The van der Waals surface area contributed by atoms with Gasteiger partial charge in [0.1, 0.15) is 11.7 Å². The number of aromatic nitrogens is 3. The number of hydrogen-bond donors (Lipinski definition) is 0. The van der Waals surface area contributed by atoms with Gasteiger partial charge in [-0.1, -0.05) is 5.21 Å². The number of urea groups is 1. The Labute approximate surface area is 124 Å². The van der Waals surface area contributed by atoms with Crippen LogP contribution in [-0.4, -0.2) is 64.7 Å². The number of aryl methyl sites for hydroxylation is 1. The van der Waals surface area contributed by atoms with Gasteiger partial charge in [-0.15, -0.1) is 5.10 Å². The second-order valence-electron chi connectivity index (χ2n) is 6.16. The number of ether oxygens (including phenoxy) is 1. The Morgan fingerprint density at radius 2 is 2.14 bits per heavy atom. The standard InChI is InChI=1S/C14H23N5O2/c1-17(2)14(20)19-7-6-11-13(15-16-18(11)3)12(19)9-21-8-10-4-5-10/h10,12H,4-9H2,1-3H3/t12-/m0/s1. The Morgan fingerprint density at radius 3 is 2.81 bits per heavy atom. The van der Waals surface area contributed by atoms with Gasteiger partial charge in [-0.25, -0.2) is 4.79 Å². The molecular weight excluding hydrogens is 270 g/mol. The first-order valence-corrected chi connectivity index (χ1v) is 7.52. The third-order valence-corrected chi connectivity index (χ3v) is 4.21. The number of nitrogens with zero attached hydrogens (tertiary/aromatic N) is 5. The van der Waals surface area contributed by atoms with Crippen molar-refractivity contribution >= 4 is 6.03 Å². The van der Waals surface area contributed by atoms with Crippen LogP contribution in [0.4, 0.5) is 4.79 Å². The lowest BCUT2D eigenvalue weighted by molar-refractivity contribution is 0.0538. The number of fused-ring (bicyclic) bond motifs is 1. The molecule has 1 fully saturated rings. The SMILES string of the molecule is CN(C)C(=O)N1CCc2c(nnn2C)[C@@H]1COCC1CC1. The predicted octanol–water partition coefficient (Wildman–Crippen LogP) is 0.822. The van der Waals surface area contributed by atoms with Crippen molar-refractivity contribution in [2.75, 3.05) is 33.9 Å². The number of amides is 2. The van der Waals surface area contributed by atoms with E-state index in [1.54, 1.807) is 23.7 Å². The highest BCUT2D eigenvalue weighted by Gasteiger charge is 2.35. The lowest BCUT2D eigenvalue weighted by Crippen LogP contribution is -2.46. The molecule has 3 rings (SSSR count). The Morgan fingerprint density at radius 1 is 1.38 bits per heavy atom. The molecule has 0 aromatic carbocycles. The fraction of sp³-hybridized carbons (Fsp3) is 0.786. The molecular formula is C14H23N5O2. The van der Waals surface area contributed by atoms with E-state index in [0.29, 0.717) is 19.1 Å². The highest BCUT2D eigenvalue weighted by molar-refractivity contribution is 5.74. The maximum Gasteiger partial charge on any atom is 0.320 e. The normalized spacial score (nSPS) is 21.3. The Hall–Kier alpha value is -1.63. The average molecular weight is 293 g/mol. The van der Waals surface area contributed by atoms with Gasteiger partial charge in [0.25, 0.3) is 0 Å². The van der Waals surface area contributed by atoms with Crippen LogP contribution in [0.3, 0.4) is 0 Å². The molecule has 1 aromatic rings. The lowest BCUT2D eigenvalue weighted by atomic mass is 10.0. The van der Waals surface area contributed by atoms with E-state index in [1.165, 1.54) is 12.8 Å². The van der Waals surface area contributed by atoms with Gasteiger partial charge in [-0.05, 0) is 18.8 Å². The highest BCUT2D eigenvalue weighted by Crippen LogP contribution is 2.31. The van der Waals surface area contributed by atoms with Gasteiger partial charge >= 0.3 is 6.03 Å². The maximum atomic E-state index is 12.4. The summed E-state index contributed by atoms with van der Waals surface area (Å²) in [6.07, 6.45) is 3.32. The monoisotopic (exact) mass is 293 g/mol. The second-order valence-corrected chi connectivity index (χ2v) is 6.16. The van der Waals surface area contributed by atoms with Crippen LogP contribution in [-0.2, 0) is 18.2 Å². The first-order valence-electron chi connectivity index (χ1n) is 7.52. The van der Waals surface area contributed by atoms with Crippen LogP contribution in [0.25, 0.3) is 0 Å². The molecule has 1 aromatic heterocycles. The molecule has 7 nitrogen and oxygen atoms in total. The van der Waals surface area contributed by atoms with Gasteiger partial charge < -0.3 is 14.5 Å². The minimum atomic E-state index is -0.129. The summed E-state index contributed by atoms with van der Waals surface area (Å²) >= 11 is 0. The molecule has 0 N–H and O–H groups in total. The number of carbonyl (C=O) groups is 1. The summed E-state index contributed by atoms with van der Waals surface area (Å²) in [5.41, 5.74) is 1.99. The van der Waals surface area contributed by atoms with Crippen molar-refractivity contribution in [3.8, 4) is 0 Å². The van der Waals surface area contributed by atoms with Gasteiger partial charge in [0.05, 0.1) is 12.3 Å². The molecule has 1 aliphatic heterocycles. The van der Waals surface area contributed by atoms with E-state index in [2.05, 4.69) is 10.3 Å². The molecule has 0 saturated heterocycles. The van der Waals surface area contributed by atoms with Crippen molar-refractivity contribution in [1.82, 2.24) is 24.8 Å². The minimum Gasteiger partial charge on any atom is -0.379 e. The summed E-state index contributed by atoms with van der Waals surface area (Å²) in [7, 11) is 5.45. The average Bonchev–Trinajstić information content (AvgIpc) is 3.21. The third-order valence-electron chi connectivity index (χ3n) is 4.21. The number of rotatable bonds is 4. The maximum absolute atomic E-state index is 12.4. The Bertz CT molecular complexity index is 523. The minimum absolute atomic E-state index is 0.00586. The molecule has 0 spiro atoms. The molecule has 0 bridgehead atoms. The number of carbonyl (C=O) groups excluding carboxylic acids is 1. The summed E-state index contributed by atoms with van der Waals surface area (Å²) in [5, 5.41) is 8.37. The van der Waals surface area contributed by atoms with E-state index in [-0.39, 0.29) is 12.1 Å². The molecule has 1 saturated carbocycles. The van der Waals surface area contributed by atoms with Gasteiger partial charge in [-0.3, -0.25) is 4.68 Å². The molecule has 21 heavy (non-hydrogen) atoms. The first-order chi connectivity index (χ1) is 10.1. The zero-order valence-electron chi connectivity index (χ0n) is 12.9. The van der Waals surface area contributed by atoms with Crippen molar-refractivity contribution in [1.29, 1.82) is 0 Å². The second kappa shape index (κ2) is 5.63. The van der Waals surface area contributed by atoms with E-state index < -0.39 is 0 Å². The topological polar surface area (TPSA) is 63.5 Å². The smallest absolute Gasteiger partial charge is 0.320 e. The van der Waals surface area contributed by atoms with E-state index in [4.69, 9.17) is 4.74 Å². The van der Waals surface area contributed by atoms with Crippen LogP contribution in [0.1, 0.15) is 30.3 Å². The van der Waals surface area contributed by atoms with Gasteiger partial charge in [0.15, 0.2) is 0 Å². The van der Waals surface area contributed by atoms with Crippen LogP contribution < -0.4 is 0 Å². The molecule has 0 radical (unpaired) electrons.